The Morgan fingerprint density at radius 1 is 1.44 bits per heavy atom. The van der Waals surface area contributed by atoms with Gasteiger partial charge in [0.2, 0.25) is 0 Å². The fourth-order valence-corrected chi connectivity index (χ4v) is 1.97. The van der Waals surface area contributed by atoms with Gasteiger partial charge in [0.1, 0.15) is 16.4 Å². The number of halogens is 2. The third-order valence-electron chi connectivity index (χ3n) is 2.23. The summed E-state index contributed by atoms with van der Waals surface area (Å²) in [6.45, 7) is 1.50. The second kappa shape index (κ2) is 4.69. The summed E-state index contributed by atoms with van der Waals surface area (Å²) in [5.74, 6) is -2.61. The lowest BCUT2D eigenvalue weighted by atomic mass is 10.2. The smallest absolute Gasteiger partial charge is 0.347 e. The molecule has 2 rings (SSSR count). The molecule has 2 aromatic rings. The number of aromatic carboxylic acids is 1. The molecule has 4 nitrogen and oxygen atoms in total. The number of aryl methyl sites for hydroxylation is 1. The molecule has 0 aliphatic carbocycles. The third kappa shape index (κ3) is 2.30. The van der Waals surface area contributed by atoms with E-state index in [1.807, 2.05) is 0 Å². The first-order chi connectivity index (χ1) is 8.49. The van der Waals surface area contributed by atoms with Gasteiger partial charge in [-0.2, -0.15) is 0 Å². The van der Waals surface area contributed by atoms with E-state index in [1.165, 1.54) is 13.0 Å². The predicted octanol–water partition coefficient (Wildman–Crippen LogP) is 3.17. The number of benzene rings is 1. The number of nitrogens with zero attached hydrogens (tertiary/aromatic N) is 1. The van der Waals surface area contributed by atoms with E-state index >= 15 is 0 Å². The molecule has 0 unspecified atom stereocenters. The fourth-order valence-electron chi connectivity index (χ4n) is 1.31. The van der Waals surface area contributed by atoms with E-state index in [9.17, 15) is 13.6 Å². The van der Waals surface area contributed by atoms with Crippen LogP contribution in [-0.2, 0) is 0 Å². The SMILES string of the molecule is Cc1ccc(F)c(Nc2ncc(C(=O)O)s2)c1F. The Balaban J connectivity index is 2.33. The molecule has 7 heteroatoms. The van der Waals surface area contributed by atoms with Gasteiger partial charge in [0.05, 0.1) is 6.20 Å². The van der Waals surface area contributed by atoms with Crippen molar-refractivity contribution in [2.75, 3.05) is 5.32 Å². The number of hydrogen-bond acceptors (Lipinski definition) is 4. The van der Waals surface area contributed by atoms with Crippen LogP contribution in [0.5, 0.6) is 0 Å². The molecule has 0 radical (unpaired) electrons. The largest absolute Gasteiger partial charge is 0.477 e. The van der Waals surface area contributed by atoms with Crippen LogP contribution >= 0.6 is 11.3 Å². The number of hydrogen-bond donors (Lipinski definition) is 2. The first kappa shape index (κ1) is 12.4. The normalized spacial score (nSPS) is 10.4. The Bertz CT molecular complexity index is 613. The van der Waals surface area contributed by atoms with Crippen LogP contribution in [0.4, 0.5) is 19.6 Å². The molecule has 0 spiro atoms. The molecule has 1 aromatic heterocycles. The summed E-state index contributed by atoms with van der Waals surface area (Å²) >= 11 is 0.804. The zero-order valence-electron chi connectivity index (χ0n) is 9.20. The van der Waals surface area contributed by atoms with Gasteiger partial charge >= 0.3 is 5.97 Å². The molecule has 2 N–H and O–H groups in total. The van der Waals surface area contributed by atoms with Gasteiger partial charge in [-0.15, -0.1) is 0 Å². The number of carboxylic acids is 1. The minimum atomic E-state index is -1.13. The van der Waals surface area contributed by atoms with Crippen molar-refractivity contribution in [3.63, 3.8) is 0 Å². The van der Waals surface area contributed by atoms with E-state index in [0.717, 1.165) is 23.6 Å². The molecule has 0 bridgehead atoms. The Kier molecular flexibility index (Phi) is 3.24. The van der Waals surface area contributed by atoms with Gasteiger partial charge in [-0.05, 0) is 18.6 Å². The monoisotopic (exact) mass is 270 g/mol. The second-order valence-corrected chi connectivity index (χ2v) is 4.54. The zero-order valence-corrected chi connectivity index (χ0v) is 10.0. The van der Waals surface area contributed by atoms with Crippen LogP contribution in [0.1, 0.15) is 15.2 Å². The number of anilines is 2. The van der Waals surface area contributed by atoms with Crippen molar-refractivity contribution < 1.29 is 18.7 Å². The Labute approximate surface area is 105 Å². The average molecular weight is 270 g/mol. The molecule has 94 valence electrons. The summed E-state index contributed by atoms with van der Waals surface area (Å²) in [4.78, 5) is 14.4. The van der Waals surface area contributed by atoms with Crippen molar-refractivity contribution in [2.45, 2.75) is 6.92 Å². The van der Waals surface area contributed by atoms with Crippen molar-refractivity contribution in [3.8, 4) is 0 Å². The van der Waals surface area contributed by atoms with Crippen molar-refractivity contribution in [3.05, 3.63) is 40.4 Å². The van der Waals surface area contributed by atoms with Gasteiger partial charge in [-0.25, -0.2) is 18.6 Å². The van der Waals surface area contributed by atoms with Crippen molar-refractivity contribution in [2.24, 2.45) is 0 Å². The van der Waals surface area contributed by atoms with E-state index in [-0.39, 0.29) is 21.3 Å². The molecule has 0 amide bonds. The predicted molar refractivity (Wildman–Crippen MR) is 63.5 cm³/mol. The van der Waals surface area contributed by atoms with Crippen LogP contribution in [0, 0.1) is 18.6 Å². The summed E-state index contributed by atoms with van der Waals surface area (Å²) in [7, 11) is 0. The molecule has 1 aromatic carbocycles. The van der Waals surface area contributed by atoms with E-state index in [2.05, 4.69) is 10.3 Å². The number of nitrogens with one attached hydrogen (secondary N) is 1. The molecular weight excluding hydrogens is 262 g/mol. The van der Waals surface area contributed by atoms with Gasteiger partial charge in [0.25, 0.3) is 0 Å². The summed E-state index contributed by atoms with van der Waals surface area (Å²) in [6.07, 6.45) is 1.13. The highest BCUT2D eigenvalue weighted by Gasteiger charge is 2.14. The standard InChI is InChI=1S/C11H8F2N2O2S/c1-5-2-3-6(12)9(8(5)13)15-11-14-4-7(18-11)10(16)17/h2-4H,1H3,(H,14,15)(H,16,17). The molecule has 0 aliphatic rings. The van der Waals surface area contributed by atoms with E-state index in [4.69, 9.17) is 5.11 Å². The highest BCUT2D eigenvalue weighted by atomic mass is 32.1. The summed E-state index contributed by atoms with van der Waals surface area (Å²) in [6, 6.07) is 2.45. The first-order valence-corrected chi connectivity index (χ1v) is 5.71. The maximum atomic E-state index is 13.7. The summed E-state index contributed by atoms with van der Waals surface area (Å²) < 4.78 is 27.1. The number of carboxylic acid groups (broad SMARTS) is 1. The second-order valence-electron chi connectivity index (χ2n) is 3.51. The highest BCUT2D eigenvalue weighted by molar-refractivity contribution is 7.17. The number of aromatic nitrogens is 1. The maximum Gasteiger partial charge on any atom is 0.347 e. The number of rotatable bonds is 3. The van der Waals surface area contributed by atoms with Gasteiger partial charge in [0, 0.05) is 0 Å². The van der Waals surface area contributed by atoms with Crippen molar-refractivity contribution in [1.82, 2.24) is 4.98 Å². The summed E-state index contributed by atoms with van der Waals surface area (Å²) in [5.41, 5.74) is -0.0461. The number of thiazole rings is 1. The van der Waals surface area contributed by atoms with Crippen LogP contribution in [-0.4, -0.2) is 16.1 Å². The van der Waals surface area contributed by atoms with Crippen LogP contribution in [0.3, 0.4) is 0 Å². The third-order valence-corrected chi connectivity index (χ3v) is 3.13. The first-order valence-electron chi connectivity index (χ1n) is 4.90. The van der Waals surface area contributed by atoms with Crippen molar-refractivity contribution >= 4 is 28.1 Å². The Morgan fingerprint density at radius 3 is 2.78 bits per heavy atom. The van der Waals surface area contributed by atoms with Gasteiger partial charge in [-0.1, -0.05) is 17.4 Å². The van der Waals surface area contributed by atoms with E-state index < -0.39 is 17.6 Å². The molecule has 18 heavy (non-hydrogen) atoms. The lowest BCUT2D eigenvalue weighted by molar-refractivity contribution is 0.0702. The zero-order chi connectivity index (χ0) is 13.3. The van der Waals surface area contributed by atoms with Gasteiger partial charge < -0.3 is 10.4 Å². The van der Waals surface area contributed by atoms with E-state index in [0.29, 0.717) is 0 Å². The maximum absolute atomic E-state index is 13.7. The molecular formula is C11H8F2N2O2S. The molecule has 0 atom stereocenters. The highest BCUT2D eigenvalue weighted by Crippen LogP contribution is 2.27. The van der Waals surface area contributed by atoms with Crippen LogP contribution in [0.25, 0.3) is 0 Å². The molecule has 0 saturated heterocycles. The van der Waals surface area contributed by atoms with Crippen LogP contribution in [0.2, 0.25) is 0 Å². The molecule has 0 aliphatic heterocycles. The quantitative estimate of drug-likeness (QED) is 0.899. The average Bonchev–Trinajstić information content (AvgIpc) is 2.78. The Morgan fingerprint density at radius 2 is 2.17 bits per heavy atom. The van der Waals surface area contributed by atoms with Crippen LogP contribution in [0.15, 0.2) is 18.3 Å². The minimum absolute atomic E-state index is 0.00836. The minimum Gasteiger partial charge on any atom is -0.477 e. The topological polar surface area (TPSA) is 62.2 Å². The molecule has 0 fully saturated rings. The lowest BCUT2D eigenvalue weighted by Crippen LogP contribution is -1.98. The number of carbonyl (C=O) groups is 1. The lowest BCUT2D eigenvalue weighted by Gasteiger charge is -2.07. The van der Waals surface area contributed by atoms with E-state index in [1.54, 1.807) is 0 Å². The van der Waals surface area contributed by atoms with Gasteiger partial charge in [-0.3, -0.25) is 0 Å². The fraction of sp³-hybridized carbons (Fsp3) is 0.0909. The van der Waals surface area contributed by atoms with Gasteiger partial charge in [0.15, 0.2) is 10.9 Å². The molecule has 1 heterocycles. The Hall–Kier alpha value is -2.02. The van der Waals surface area contributed by atoms with Crippen molar-refractivity contribution in [1.29, 1.82) is 0 Å². The van der Waals surface area contributed by atoms with Crippen LogP contribution < -0.4 is 5.32 Å². The summed E-state index contributed by atoms with van der Waals surface area (Å²) in [5, 5.41) is 11.3. The molecule has 0 saturated carbocycles.